The zero-order valence-corrected chi connectivity index (χ0v) is 12.3. The van der Waals surface area contributed by atoms with Gasteiger partial charge in [-0.2, -0.15) is 0 Å². The minimum absolute atomic E-state index is 0.184. The number of amides is 1. The van der Waals surface area contributed by atoms with E-state index in [-0.39, 0.29) is 5.69 Å². The van der Waals surface area contributed by atoms with Gasteiger partial charge in [0.1, 0.15) is 17.5 Å². The van der Waals surface area contributed by atoms with E-state index in [1.807, 2.05) is 6.92 Å². The summed E-state index contributed by atoms with van der Waals surface area (Å²) >= 11 is 1.14. The first-order valence-electron chi connectivity index (χ1n) is 6.33. The second-order valence-corrected chi connectivity index (χ2v) is 5.60. The Morgan fingerprint density at radius 2 is 2.24 bits per heavy atom. The van der Waals surface area contributed by atoms with Crippen LogP contribution in [0.2, 0.25) is 0 Å². The highest BCUT2D eigenvalue weighted by Crippen LogP contribution is 2.22. The van der Waals surface area contributed by atoms with Crippen LogP contribution in [0.4, 0.5) is 14.5 Å². The van der Waals surface area contributed by atoms with Crippen LogP contribution in [-0.2, 0) is 11.2 Å². The number of aromatic amines is 1. The summed E-state index contributed by atoms with van der Waals surface area (Å²) in [5.74, 6) is -1.03. The molecule has 0 spiro atoms. The number of thioether (sulfide) groups is 1. The van der Waals surface area contributed by atoms with Crippen LogP contribution in [0.3, 0.4) is 0 Å². The summed E-state index contributed by atoms with van der Waals surface area (Å²) in [6.07, 6.45) is 0.711. The van der Waals surface area contributed by atoms with Gasteiger partial charge in [0.15, 0.2) is 0 Å². The summed E-state index contributed by atoms with van der Waals surface area (Å²) in [5, 5.41) is 8.95. The molecule has 21 heavy (non-hydrogen) atoms. The smallest absolute Gasteiger partial charge is 0.237 e. The molecule has 1 amide bonds. The number of carbonyl (C=O) groups is 1. The fraction of sp³-hybridized carbons (Fsp3) is 0.308. The number of aromatic nitrogens is 3. The number of benzene rings is 1. The number of rotatable bonds is 5. The normalized spacial score (nSPS) is 12.2. The van der Waals surface area contributed by atoms with Crippen molar-refractivity contribution in [2.45, 2.75) is 30.7 Å². The number of nitrogens with one attached hydrogen (secondary N) is 2. The lowest BCUT2D eigenvalue weighted by Gasteiger charge is -2.10. The summed E-state index contributed by atoms with van der Waals surface area (Å²) in [6, 6.07) is 2.89. The first kappa shape index (κ1) is 15.4. The average molecular weight is 312 g/mol. The number of halogens is 2. The van der Waals surface area contributed by atoms with Crippen molar-refractivity contribution in [3.8, 4) is 0 Å². The molecule has 0 saturated carbocycles. The molecule has 0 saturated heterocycles. The van der Waals surface area contributed by atoms with E-state index in [0.29, 0.717) is 11.6 Å². The van der Waals surface area contributed by atoms with E-state index in [1.165, 1.54) is 0 Å². The first-order valence-corrected chi connectivity index (χ1v) is 7.21. The number of hydrogen-bond acceptors (Lipinski definition) is 4. The SMILES string of the molecule is CCc1nc(SC(C)C(=O)Nc2cc(F)ccc2F)n[nH]1. The van der Waals surface area contributed by atoms with Crippen molar-refractivity contribution < 1.29 is 13.6 Å². The van der Waals surface area contributed by atoms with Crippen LogP contribution in [0.25, 0.3) is 0 Å². The van der Waals surface area contributed by atoms with Gasteiger partial charge in [0.05, 0.1) is 10.9 Å². The van der Waals surface area contributed by atoms with Crippen molar-refractivity contribution in [1.82, 2.24) is 15.2 Å². The van der Waals surface area contributed by atoms with Crippen LogP contribution in [0.15, 0.2) is 23.4 Å². The van der Waals surface area contributed by atoms with Crippen LogP contribution < -0.4 is 5.32 Å². The average Bonchev–Trinajstić information content (AvgIpc) is 2.90. The molecule has 1 unspecified atom stereocenters. The maximum absolute atomic E-state index is 13.5. The largest absolute Gasteiger partial charge is 0.323 e. The molecule has 0 radical (unpaired) electrons. The molecule has 0 aliphatic rings. The summed E-state index contributed by atoms with van der Waals surface area (Å²) in [6.45, 7) is 3.57. The number of H-pyrrole nitrogens is 1. The van der Waals surface area contributed by atoms with Gasteiger partial charge in [0.25, 0.3) is 0 Å². The minimum Gasteiger partial charge on any atom is -0.323 e. The molecule has 0 fully saturated rings. The highest BCUT2D eigenvalue weighted by atomic mass is 32.2. The van der Waals surface area contributed by atoms with Crippen LogP contribution >= 0.6 is 11.8 Å². The van der Waals surface area contributed by atoms with E-state index in [4.69, 9.17) is 0 Å². The molecule has 8 heteroatoms. The van der Waals surface area contributed by atoms with Gasteiger partial charge in [-0.3, -0.25) is 9.89 Å². The fourth-order valence-electron chi connectivity index (χ4n) is 1.53. The van der Waals surface area contributed by atoms with Crippen molar-refractivity contribution >= 4 is 23.4 Å². The van der Waals surface area contributed by atoms with E-state index in [1.54, 1.807) is 6.92 Å². The quantitative estimate of drug-likeness (QED) is 0.833. The Hall–Kier alpha value is -1.96. The summed E-state index contributed by atoms with van der Waals surface area (Å²) in [4.78, 5) is 16.1. The third-order valence-corrected chi connectivity index (χ3v) is 3.64. The molecule has 0 bridgehead atoms. The van der Waals surface area contributed by atoms with Gasteiger partial charge in [-0.05, 0) is 19.1 Å². The Bertz CT molecular complexity index is 647. The Morgan fingerprint density at radius 3 is 2.90 bits per heavy atom. The molecule has 1 atom stereocenters. The second kappa shape index (κ2) is 6.66. The molecule has 1 aromatic heterocycles. The van der Waals surface area contributed by atoms with E-state index >= 15 is 0 Å². The monoisotopic (exact) mass is 312 g/mol. The zero-order valence-electron chi connectivity index (χ0n) is 11.5. The van der Waals surface area contributed by atoms with Gasteiger partial charge < -0.3 is 5.32 Å². The highest BCUT2D eigenvalue weighted by molar-refractivity contribution is 8.00. The number of anilines is 1. The van der Waals surface area contributed by atoms with Gasteiger partial charge in [0.2, 0.25) is 11.1 Å². The zero-order chi connectivity index (χ0) is 15.4. The summed E-state index contributed by atoms with van der Waals surface area (Å²) in [7, 11) is 0. The third-order valence-electron chi connectivity index (χ3n) is 2.68. The van der Waals surface area contributed by atoms with Crippen LogP contribution in [0.1, 0.15) is 19.7 Å². The molecule has 2 N–H and O–H groups in total. The number of carbonyl (C=O) groups excluding carboxylic acids is 1. The first-order chi connectivity index (χ1) is 9.99. The van der Waals surface area contributed by atoms with Crippen molar-refractivity contribution in [1.29, 1.82) is 0 Å². The number of hydrogen-bond donors (Lipinski definition) is 2. The van der Waals surface area contributed by atoms with Crippen molar-refractivity contribution in [2.24, 2.45) is 0 Å². The Labute approximate surface area is 124 Å². The van der Waals surface area contributed by atoms with E-state index in [2.05, 4.69) is 20.5 Å². The summed E-state index contributed by atoms with van der Waals surface area (Å²) < 4.78 is 26.5. The predicted octanol–water partition coefficient (Wildman–Crippen LogP) is 2.76. The Balaban J connectivity index is 2.00. The fourth-order valence-corrected chi connectivity index (χ4v) is 2.27. The molecule has 2 aromatic rings. The lowest BCUT2D eigenvalue weighted by atomic mass is 10.3. The van der Waals surface area contributed by atoms with Crippen LogP contribution in [-0.4, -0.2) is 26.3 Å². The lowest BCUT2D eigenvalue weighted by molar-refractivity contribution is -0.115. The molecule has 0 aliphatic carbocycles. The molecular weight excluding hydrogens is 298 g/mol. The Morgan fingerprint density at radius 1 is 1.48 bits per heavy atom. The van der Waals surface area contributed by atoms with E-state index in [0.717, 1.165) is 35.8 Å². The molecule has 1 heterocycles. The van der Waals surface area contributed by atoms with Crippen molar-refractivity contribution in [3.63, 3.8) is 0 Å². The highest BCUT2D eigenvalue weighted by Gasteiger charge is 2.18. The van der Waals surface area contributed by atoms with Crippen LogP contribution in [0.5, 0.6) is 0 Å². The van der Waals surface area contributed by atoms with Gasteiger partial charge >= 0.3 is 0 Å². The molecule has 1 aromatic carbocycles. The minimum atomic E-state index is -0.687. The van der Waals surface area contributed by atoms with Crippen molar-refractivity contribution in [2.75, 3.05) is 5.32 Å². The van der Waals surface area contributed by atoms with Gasteiger partial charge in [-0.1, -0.05) is 18.7 Å². The maximum atomic E-state index is 13.5. The Kier molecular flexibility index (Phi) is 4.89. The molecule has 0 aliphatic heterocycles. The lowest BCUT2D eigenvalue weighted by Crippen LogP contribution is -2.23. The standard InChI is InChI=1S/C13H14F2N4OS/c1-3-11-17-13(19-18-11)21-7(2)12(20)16-10-6-8(14)4-5-9(10)15/h4-7H,3H2,1-2H3,(H,16,20)(H,17,18,19). The van der Waals surface area contributed by atoms with Gasteiger partial charge in [-0.15, -0.1) is 5.10 Å². The van der Waals surface area contributed by atoms with Gasteiger partial charge in [-0.25, -0.2) is 13.8 Å². The van der Waals surface area contributed by atoms with E-state index in [9.17, 15) is 13.6 Å². The third kappa shape index (κ3) is 4.01. The van der Waals surface area contributed by atoms with Crippen LogP contribution in [0, 0.1) is 11.6 Å². The molecule has 5 nitrogen and oxygen atoms in total. The summed E-state index contributed by atoms with van der Waals surface area (Å²) in [5.41, 5.74) is -0.184. The second-order valence-electron chi connectivity index (χ2n) is 4.29. The topological polar surface area (TPSA) is 70.7 Å². The molecular formula is C13H14F2N4OS. The maximum Gasteiger partial charge on any atom is 0.237 e. The molecule has 112 valence electrons. The van der Waals surface area contributed by atoms with E-state index < -0.39 is 22.8 Å². The number of nitrogens with zero attached hydrogens (tertiary/aromatic N) is 2. The number of aryl methyl sites for hydroxylation is 1. The molecule has 2 rings (SSSR count). The van der Waals surface area contributed by atoms with Gasteiger partial charge in [0, 0.05) is 12.5 Å². The predicted molar refractivity (Wildman–Crippen MR) is 76.1 cm³/mol. The van der Waals surface area contributed by atoms with Crippen molar-refractivity contribution in [3.05, 3.63) is 35.7 Å².